The number of carbonyl (C=O) groups excluding carboxylic acids is 1. The number of hydrogen-bond acceptors (Lipinski definition) is 5. The fourth-order valence-electron chi connectivity index (χ4n) is 3.43. The molecular weight excluding hydrogens is 447 g/mol. The molecule has 1 heterocycles. The average molecular weight is 477 g/mol. The first-order valence-electron chi connectivity index (χ1n) is 11.0. The predicted molar refractivity (Wildman–Crippen MR) is 124 cm³/mol. The molecule has 0 radical (unpaired) electrons. The van der Waals surface area contributed by atoms with Crippen LogP contribution in [0.3, 0.4) is 0 Å². The number of ether oxygens (including phenoxy) is 2. The van der Waals surface area contributed by atoms with E-state index in [4.69, 9.17) is 9.47 Å². The van der Waals surface area contributed by atoms with E-state index >= 15 is 0 Å². The van der Waals surface area contributed by atoms with Crippen LogP contribution in [0.5, 0.6) is 11.5 Å². The molecule has 0 N–H and O–H groups in total. The van der Waals surface area contributed by atoms with Crippen molar-refractivity contribution in [3.63, 3.8) is 0 Å². The van der Waals surface area contributed by atoms with E-state index in [-0.39, 0.29) is 37.0 Å². The highest BCUT2D eigenvalue weighted by molar-refractivity contribution is 7.89. The maximum absolute atomic E-state index is 13.4. The molecule has 1 saturated heterocycles. The van der Waals surface area contributed by atoms with Crippen LogP contribution < -0.4 is 9.47 Å². The van der Waals surface area contributed by atoms with Crippen molar-refractivity contribution in [2.45, 2.75) is 25.2 Å². The average Bonchev–Trinajstić information content (AvgIpc) is 2.82. The van der Waals surface area contributed by atoms with Crippen LogP contribution in [-0.4, -0.2) is 62.9 Å². The Labute approximate surface area is 194 Å². The SMILES string of the molecule is CCCOc1ccc(/C=C/C(=O)N2CCN(S(=O)(=O)c3cccc(F)c3)CC2)cc1OCC. The van der Waals surface area contributed by atoms with Gasteiger partial charge in [-0.2, -0.15) is 4.31 Å². The van der Waals surface area contributed by atoms with Crippen LogP contribution in [0.4, 0.5) is 4.39 Å². The van der Waals surface area contributed by atoms with Gasteiger partial charge in [-0.3, -0.25) is 4.79 Å². The molecule has 2 aromatic rings. The summed E-state index contributed by atoms with van der Waals surface area (Å²) in [4.78, 5) is 14.1. The molecule has 0 aliphatic carbocycles. The molecule has 1 aliphatic heterocycles. The third-order valence-corrected chi connectivity index (χ3v) is 7.03. The van der Waals surface area contributed by atoms with Crippen molar-refractivity contribution in [1.29, 1.82) is 0 Å². The van der Waals surface area contributed by atoms with E-state index in [0.717, 1.165) is 18.1 Å². The number of benzene rings is 2. The largest absolute Gasteiger partial charge is 0.490 e. The number of nitrogens with zero attached hydrogens (tertiary/aromatic N) is 2. The van der Waals surface area contributed by atoms with Gasteiger partial charge in [0, 0.05) is 32.3 Å². The van der Waals surface area contributed by atoms with Crippen LogP contribution in [0.15, 0.2) is 53.4 Å². The van der Waals surface area contributed by atoms with Crippen LogP contribution in [0.2, 0.25) is 0 Å². The lowest BCUT2D eigenvalue weighted by atomic mass is 10.2. The summed E-state index contributed by atoms with van der Waals surface area (Å²) in [5.74, 6) is 0.476. The second-order valence-corrected chi connectivity index (χ2v) is 9.45. The fraction of sp³-hybridized carbons (Fsp3) is 0.375. The Balaban J connectivity index is 1.61. The number of piperazine rings is 1. The predicted octanol–water partition coefficient (Wildman–Crippen LogP) is 3.56. The van der Waals surface area contributed by atoms with E-state index in [9.17, 15) is 17.6 Å². The van der Waals surface area contributed by atoms with Gasteiger partial charge >= 0.3 is 0 Å². The minimum atomic E-state index is -3.80. The first-order chi connectivity index (χ1) is 15.8. The second-order valence-electron chi connectivity index (χ2n) is 7.51. The quantitative estimate of drug-likeness (QED) is 0.518. The zero-order valence-electron chi connectivity index (χ0n) is 18.9. The topological polar surface area (TPSA) is 76.2 Å². The molecule has 1 amide bonds. The molecule has 3 rings (SSSR count). The van der Waals surface area contributed by atoms with Gasteiger partial charge in [0.25, 0.3) is 0 Å². The summed E-state index contributed by atoms with van der Waals surface area (Å²) in [6, 6.07) is 10.4. The molecule has 0 atom stereocenters. The number of rotatable bonds is 9. The van der Waals surface area contributed by atoms with E-state index in [2.05, 4.69) is 0 Å². The van der Waals surface area contributed by atoms with Crippen molar-refractivity contribution < 1.29 is 27.1 Å². The lowest BCUT2D eigenvalue weighted by Gasteiger charge is -2.33. The summed E-state index contributed by atoms with van der Waals surface area (Å²) in [5, 5.41) is 0. The van der Waals surface area contributed by atoms with E-state index in [0.29, 0.717) is 24.7 Å². The highest BCUT2D eigenvalue weighted by Crippen LogP contribution is 2.29. The third-order valence-electron chi connectivity index (χ3n) is 5.13. The Bertz CT molecular complexity index is 1100. The molecule has 0 saturated carbocycles. The van der Waals surface area contributed by atoms with Gasteiger partial charge in [0.2, 0.25) is 15.9 Å². The van der Waals surface area contributed by atoms with Crippen molar-refractivity contribution in [3.05, 3.63) is 59.9 Å². The van der Waals surface area contributed by atoms with Crippen molar-refractivity contribution in [1.82, 2.24) is 9.21 Å². The van der Waals surface area contributed by atoms with Crippen LogP contribution in [0.25, 0.3) is 6.08 Å². The van der Waals surface area contributed by atoms with Gasteiger partial charge in [-0.15, -0.1) is 0 Å². The number of hydrogen-bond donors (Lipinski definition) is 0. The smallest absolute Gasteiger partial charge is 0.246 e. The molecule has 1 aliphatic rings. The highest BCUT2D eigenvalue weighted by atomic mass is 32.2. The standard InChI is InChI=1S/C24H29FN2O5S/c1-3-16-32-22-10-8-19(17-23(22)31-4-2)9-11-24(28)26-12-14-27(15-13-26)33(29,30)21-7-5-6-20(25)18-21/h5-11,17-18H,3-4,12-16H2,1-2H3/b11-9+. The monoisotopic (exact) mass is 476 g/mol. The molecule has 1 fully saturated rings. The fourth-order valence-corrected chi connectivity index (χ4v) is 4.88. The first kappa shape index (κ1) is 24.7. The molecule has 0 bridgehead atoms. The number of halogens is 1. The Morgan fingerprint density at radius 2 is 1.79 bits per heavy atom. The lowest BCUT2D eigenvalue weighted by Crippen LogP contribution is -2.50. The van der Waals surface area contributed by atoms with Crippen LogP contribution in [0, 0.1) is 5.82 Å². The normalized spacial score (nSPS) is 15.1. The third kappa shape index (κ3) is 6.33. The highest BCUT2D eigenvalue weighted by Gasteiger charge is 2.29. The number of carbonyl (C=O) groups is 1. The van der Waals surface area contributed by atoms with Crippen LogP contribution in [0.1, 0.15) is 25.8 Å². The van der Waals surface area contributed by atoms with Crippen molar-refractivity contribution in [3.8, 4) is 11.5 Å². The number of sulfonamides is 1. The van der Waals surface area contributed by atoms with Gasteiger partial charge in [0.15, 0.2) is 11.5 Å². The summed E-state index contributed by atoms with van der Waals surface area (Å²) in [6.45, 7) is 5.82. The summed E-state index contributed by atoms with van der Waals surface area (Å²) in [7, 11) is -3.80. The Morgan fingerprint density at radius 3 is 2.45 bits per heavy atom. The van der Waals surface area contributed by atoms with E-state index in [1.54, 1.807) is 11.0 Å². The molecule has 2 aromatic carbocycles. The molecule has 9 heteroatoms. The maximum Gasteiger partial charge on any atom is 0.246 e. The first-order valence-corrected chi connectivity index (χ1v) is 12.4. The molecule has 0 aromatic heterocycles. The Hall–Kier alpha value is -2.91. The van der Waals surface area contributed by atoms with Crippen molar-refractivity contribution in [2.24, 2.45) is 0 Å². The van der Waals surface area contributed by atoms with Gasteiger partial charge in [0.1, 0.15) is 5.82 Å². The maximum atomic E-state index is 13.4. The molecule has 7 nitrogen and oxygen atoms in total. The van der Waals surface area contributed by atoms with Crippen LogP contribution >= 0.6 is 0 Å². The summed E-state index contributed by atoms with van der Waals surface area (Å²) in [5.41, 5.74) is 0.794. The van der Waals surface area contributed by atoms with E-state index in [1.807, 2.05) is 32.0 Å². The van der Waals surface area contributed by atoms with E-state index < -0.39 is 15.8 Å². The number of amides is 1. The lowest BCUT2D eigenvalue weighted by molar-refractivity contribution is -0.127. The van der Waals surface area contributed by atoms with Crippen LogP contribution in [-0.2, 0) is 14.8 Å². The minimum absolute atomic E-state index is 0.0846. The molecule has 178 valence electrons. The molecule has 0 unspecified atom stereocenters. The van der Waals surface area contributed by atoms with Gasteiger partial charge in [0.05, 0.1) is 18.1 Å². The zero-order chi connectivity index (χ0) is 23.8. The van der Waals surface area contributed by atoms with Gasteiger partial charge in [-0.05, 0) is 55.3 Å². The minimum Gasteiger partial charge on any atom is -0.490 e. The summed E-state index contributed by atoms with van der Waals surface area (Å²) >= 11 is 0. The van der Waals surface area contributed by atoms with Gasteiger partial charge in [-0.1, -0.05) is 19.1 Å². The molecule has 33 heavy (non-hydrogen) atoms. The molecule has 0 spiro atoms. The zero-order valence-corrected chi connectivity index (χ0v) is 19.7. The second kappa shape index (κ2) is 11.3. The van der Waals surface area contributed by atoms with Crippen molar-refractivity contribution in [2.75, 3.05) is 39.4 Å². The Kier molecular flexibility index (Phi) is 8.46. The van der Waals surface area contributed by atoms with Crippen molar-refractivity contribution >= 4 is 22.0 Å². The summed E-state index contributed by atoms with van der Waals surface area (Å²) < 4.78 is 51.5. The molecular formula is C24H29FN2O5S. The van der Waals surface area contributed by atoms with Gasteiger partial charge in [-0.25, -0.2) is 12.8 Å². The van der Waals surface area contributed by atoms with Gasteiger partial charge < -0.3 is 14.4 Å². The Morgan fingerprint density at radius 1 is 1.03 bits per heavy atom. The summed E-state index contributed by atoms with van der Waals surface area (Å²) in [6.07, 6.45) is 4.05. The van der Waals surface area contributed by atoms with E-state index in [1.165, 1.54) is 28.6 Å².